The normalized spacial score (nSPS) is 15.4. The maximum Gasteiger partial charge on any atom is 0.127 e. The first-order valence-electron chi connectivity index (χ1n) is 9.23. The summed E-state index contributed by atoms with van der Waals surface area (Å²) in [6.45, 7) is 8.15. The first-order chi connectivity index (χ1) is 12.2. The van der Waals surface area contributed by atoms with E-state index in [4.69, 9.17) is 4.74 Å². The average molecular weight is 356 g/mol. The third-order valence-corrected chi connectivity index (χ3v) is 5.48. The molecule has 0 saturated carbocycles. The molecule has 0 unspecified atom stereocenters. The first kappa shape index (κ1) is 18.4. The SMILES string of the molecule is Cc1c(C)c2c(c(CCCc3ccc(O)cc3O)c1O)CCC(C)(C)O2. The smallest absolute Gasteiger partial charge is 0.127 e. The van der Waals surface area contributed by atoms with Crippen LogP contribution in [0, 0.1) is 13.8 Å². The Labute approximate surface area is 155 Å². The van der Waals surface area contributed by atoms with E-state index in [0.29, 0.717) is 12.2 Å². The van der Waals surface area contributed by atoms with E-state index < -0.39 is 0 Å². The number of hydrogen-bond acceptors (Lipinski definition) is 4. The van der Waals surface area contributed by atoms with Crippen LogP contribution in [0.2, 0.25) is 0 Å². The standard InChI is InChI=1S/C22H28O4/c1-13-14(2)21-18(10-11-22(3,4)26-21)17(20(13)25)7-5-6-15-8-9-16(23)12-19(15)24/h8-9,12,23-25H,5-7,10-11H2,1-4H3. The minimum absolute atomic E-state index is 0.0619. The van der Waals surface area contributed by atoms with Crippen LogP contribution in [0.4, 0.5) is 0 Å². The molecule has 4 nitrogen and oxygen atoms in total. The van der Waals surface area contributed by atoms with Crippen molar-refractivity contribution in [2.75, 3.05) is 0 Å². The summed E-state index contributed by atoms with van der Waals surface area (Å²) >= 11 is 0. The van der Waals surface area contributed by atoms with E-state index in [-0.39, 0.29) is 17.1 Å². The van der Waals surface area contributed by atoms with E-state index in [9.17, 15) is 15.3 Å². The predicted molar refractivity (Wildman–Crippen MR) is 102 cm³/mol. The highest BCUT2D eigenvalue weighted by molar-refractivity contribution is 5.59. The second-order valence-electron chi connectivity index (χ2n) is 7.91. The van der Waals surface area contributed by atoms with Gasteiger partial charge < -0.3 is 20.1 Å². The number of phenols is 3. The van der Waals surface area contributed by atoms with Crippen LogP contribution in [0.5, 0.6) is 23.0 Å². The Bertz CT molecular complexity index is 837. The van der Waals surface area contributed by atoms with Gasteiger partial charge in [0.1, 0.15) is 28.6 Å². The molecule has 3 N–H and O–H groups in total. The van der Waals surface area contributed by atoms with Crippen molar-refractivity contribution in [3.8, 4) is 23.0 Å². The zero-order valence-electron chi connectivity index (χ0n) is 16.0. The average Bonchev–Trinajstić information content (AvgIpc) is 2.57. The van der Waals surface area contributed by atoms with Gasteiger partial charge in [0.25, 0.3) is 0 Å². The third-order valence-electron chi connectivity index (χ3n) is 5.48. The van der Waals surface area contributed by atoms with Crippen LogP contribution in [-0.4, -0.2) is 20.9 Å². The van der Waals surface area contributed by atoms with E-state index in [1.807, 2.05) is 13.8 Å². The van der Waals surface area contributed by atoms with Crippen molar-refractivity contribution in [3.63, 3.8) is 0 Å². The summed E-state index contributed by atoms with van der Waals surface area (Å²) in [6, 6.07) is 4.69. The van der Waals surface area contributed by atoms with Gasteiger partial charge in [0.2, 0.25) is 0 Å². The summed E-state index contributed by atoms with van der Waals surface area (Å²) in [7, 11) is 0. The van der Waals surface area contributed by atoms with Crippen LogP contribution < -0.4 is 4.74 Å². The van der Waals surface area contributed by atoms with Crippen molar-refractivity contribution in [2.45, 2.75) is 65.4 Å². The van der Waals surface area contributed by atoms with Crippen molar-refractivity contribution in [1.82, 2.24) is 0 Å². The van der Waals surface area contributed by atoms with E-state index in [1.165, 1.54) is 6.07 Å². The van der Waals surface area contributed by atoms with Crippen LogP contribution in [0.25, 0.3) is 0 Å². The highest BCUT2D eigenvalue weighted by Gasteiger charge is 2.31. The Morgan fingerprint density at radius 2 is 1.77 bits per heavy atom. The lowest BCUT2D eigenvalue weighted by Crippen LogP contribution is -2.33. The van der Waals surface area contributed by atoms with Gasteiger partial charge in [-0.15, -0.1) is 0 Å². The van der Waals surface area contributed by atoms with Crippen molar-refractivity contribution < 1.29 is 20.1 Å². The van der Waals surface area contributed by atoms with Crippen LogP contribution in [0.3, 0.4) is 0 Å². The Balaban J connectivity index is 1.85. The van der Waals surface area contributed by atoms with Gasteiger partial charge in [0, 0.05) is 17.2 Å². The summed E-state index contributed by atoms with van der Waals surface area (Å²) in [6.07, 6.45) is 4.02. The Morgan fingerprint density at radius 1 is 1.04 bits per heavy atom. The number of ether oxygens (including phenoxy) is 1. The monoisotopic (exact) mass is 356 g/mol. The van der Waals surface area contributed by atoms with Crippen molar-refractivity contribution in [1.29, 1.82) is 0 Å². The van der Waals surface area contributed by atoms with Crippen molar-refractivity contribution >= 4 is 0 Å². The lowest BCUT2D eigenvalue weighted by atomic mass is 9.86. The quantitative estimate of drug-likeness (QED) is 0.743. The molecule has 3 rings (SSSR count). The molecule has 0 amide bonds. The van der Waals surface area contributed by atoms with Crippen LogP contribution in [0.1, 0.15) is 54.5 Å². The van der Waals surface area contributed by atoms with E-state index in [2.05, 4.69) is 13.8 Å². The second kappa shape index (κ2) is 6.75. The zero-order chi connectivity index (χ0) is 19.1. The number of fused-ring (bicyclic) bond motifs is 1. The minimum atomic E-state index is -0.184. The fourth-order valence-corrected chi connectivity index (χ4v) is 3.73. The van der Waals surface area contributed by atoms with Crippen LogP contribution in [0.15, 0.2) is 18.2 Å². The van der Waals surface area contributed by atoms with Gasteiger partial charge in [-0.25, -0.2) is 0 Å². The van der Waals surface area contributed by atoms with E-state index in [1.54, 1.807) is 12.1 Å². The van der Waals surface area contributed by atoms with Gasteiger partial charge in [-0.2, -0.15) is 0 Å². The second-order valence-corrected chi connectivity index (χ2v) is 7.91. The number of benzene rings is 2. The highest BCUT2D eigenvalue weighted by atomic mass is 16.5. The lowest BCUT2D eigenvalue weighted by molar-refractivity contribution is 0.0830. The van der Waals surface area contributed by atoms with E-state index >= 15 is 0 Å². The van der Waals surface area contributed by atoms with E-state index in [0.717, 1.165) is 59.3 Å². The molecule has 0 fully saturated rings. The molecule has 4 heteroatoms. The van der Waals surface area contributed by atoms with Crippen molar-refractivity contribution in [3.05, 3.63) is 46.0 Å². The molecule has 2 aromatic carbocycles. The predicted octanol–water partition coefficient (Wildman–Crippen LogP) is 4.70. The van der Waals surface area contributed by atoms with Crippen LogP contribution in [-0.2, 0) is 19.3 Å². The summed E-state index contributed by atoms with van der Waals surface area (Å²) in [5.41, 5.74) is 4.61. The lowest BCUT2D eigenvalue weighted by Gasteiger charge is -2.35. The van der Waals surface area contributed by atoms with Gasteiger partial charge in [-0.3, -0.25) is 0 Å². The van der Waals surface area contributed by atoms with Gasteiger partial charge in [-0.1, -0.05) is 6.07 Å². The Kier molecular flexibility index (Phi) is 4.78. The van der Waals surface area contributed by atoms with Gasteiger partial charge in [0.05, 0.1) is 0 Å². The number of rotatable bonds is 4. The Morgan fingerprint density at radius 3 is 2.46 bits per heavy atom. The third kappa shape index (κ3) is 3.46. The molecule has 0 aliphatic carbocycles. The molecule has 1 heterocycles. The summed E-state index contributed by atoms with van der Waals surface area (Å²) < 4.78 is 6.24. The molecular weight excluding hydrogens is 328 g/mol. The molecule has 0 bridgehead atoms. The largest absolute Gasteiger partial charge is 0.508 e. The fourth-order valence-electron chi connectivity index (χ4n) is 3.73. The minimum Gasteiger partial charge on any atom is -0.508 e. The maximum absolute atomic E-state index is 10.7. The Hall–Kier alpha value is -2.36. The summed E-state index contributed by atoms with van der Waals surface area (Å²) in [5.74, 6) is 1.48. The number of aryl methyl sites for hydroxylation is 1. The molecule has 2 aromatic rings. The molecule has 0 atom stereocenters. The summed E-state index contributed by atoms with van der Waals surface area (Å²) in [4.78, 5) is 0. The maximum atomic E-state index is 10.7. The molecule has 0 aromatic heterocycles. The van der Waals surface area contributed by atoms with Crippen LogP contribution >= 0.6 is 0 Å². The molecular formula is C22H28O4. The molecule has 1 aliphatic rings. The van der Waals surface area contributed by atoms with Gasteiger partial charge in [-0.05, 0) is 82.6 Å². The van der Waals surface area contributed by atoms with Crippen molar-refractivity contribution in [2.24, 2.45) is 0 Å². The molecule has 26 heavy (non-hydrogen) atoms. The number of aromatic hydroxyl groups is 3. The fraction of sp³-hybridized carbons (Fsp3) is 0.455. The zero-order valence-corrected chi connectivity index (χ0v) is 16.0. The highest BCUT2D eigenvalue weighted by Crippen LogP contribution is 2.44. The first-order valence-corrected chi connectivity index (χ1v) is 9.23. The van der Waals surface area contributed by atoms with Gasteiger partial charge in [0.15, 0.2) is 0 Å². The number of phenolic OH excluding ortho intramolecular Hbond substituents is 3. The summed E-state index contributed by atoms with van der Waals surface area (Å²) in [5, 5.41) is 30.1. The topological polar surface area (TPSA) is 69.9 Å². The molecule has 1 aliphatic heterocycles. The van der Waals surface area contributed by atoms with Gasteiger partial charge >= 0.3 is 0 Å². The molecule has 140 valence electrons. The molecule has 0 radical (unpaired) electrons. The molecule has 0 saturated heterocycles. The number of hydrogen-bond donors (Lipinski definition) is 3. The molecule has 0 spiro atoms.